The number of rotatable bonds is 0. The summed E-state index contributed by atoms with van der Waals surface area (Å²) in [5.74, 6) is 0. The molecule has 0 saturated heterocycles. The van der Waals surface area contributed by atoms with Gasteiger partial charge >= 0.3 is 19.8 Å². The van der Waals surface area contributed by atoms with Gasteiger partial charge in [-0.05, 0) is 23.3 Å². The minimum atomic E-state index is 0. The maximum absolute atomic E-state index is 2.16. The topological polar surface area (TPSA) is 0 Å². The van der Waals surface area contributed by atoms with Gasteiger partial charge in [-0.25, -0.2) is 0 Å². The van der Waals surface area contributed by atoms with E-state index in [1.807, 2.05) is 0 Å². The molecule has 0 radical (unpaired) electrons. The summed E-state index contributed by atoms with van der Waals surface area (Å²) < 4.78 is 0. The van der Waals surface area contributed by atoms with Crippen molar-refractivity contribution < 1.29 is 19.8 Å². The molecule has 0 atom stereocenters. The van der Waals surface area contributed by atoms with Gasteiger partial charge in [0.2, 0.25) is 0 Å². The third-order valence-electron chi connectivity index (χ3n) is 2.01. The van der Waals surface area contributed by atoms with E-state index >= 15 is 0 Å². The Morgan fingerprint density at radius 3 is 2.25 bits per heavy atom. The van der Waals surface area contributed by atoms with Crippen molar-refractivity contribution >= 4 is 10.8 Å². The predicted octanol–water partition coefficient (Wildman–Crippen LogP) is 2.61. The molecule has 2 aromatic rings. The molecule has 0 aliphatic rings. The van der Waals surface area contributed by atoms with Crippen molar-refractivity contribution in [3.63, 3.8) is 0 Å². The molecule has 2 rings (SSSR count). The van der Waals surface area contributed by atoms with Gasteiger partial charge in [0.25, 0.3) is 0 Å². The number of hydrogen-bond donors (Lipinski definition) is 0. The van der Waals surface area contributed by atoms with Crippen molar-refractivity contribution in [3.8, 4) is 0 Å². The second-order valence-corrected chi connectivity index (χ2v) is 2.80. The molecule has 64 valence electrons. The molecule has 0 fully saturated rings. The first-order valence-corrected chi connectivity index (χ1v) is 3.82. The first-order valence-electron chi connectivity index (χ1n) is 3.82. The van der Waals surface area contributed by atoms with Crippen molar-refractivity contribution in [3.05, 3.63) is 48.0 Å². The zero-order valence-electron chi connectivity index (χ0n) is 6.95. The summed E-state index contributed by atoms with van der Waals surface area (Å²) in [7, 11) is 0. The predicted molar refractivity (Wildman–Crippen MR) is 51.5 cm³/mol. The normalized spacial score (nSPS) is 9.42. The maximum atomic E-state index is 2.16. The molecule has 0 bridgehead atoms. The van der Waals surface area contributed by atoms with Crippen LogP contribution in [0.4, 0.5) is 0 Å². The average molecular weight is 334 g/mol. The van der Waals surface area contributed by atoms with Gasteiger partial charge in [-0.15, -0.1) is 0 Å². The third kappa shape index (κ3) is 1.57. The summed E-state index contributed by atoms with van der Waals surface area (Å²) in [6.07, 6.45) is 0. The molecule has 0 aromatic heterocycles. The Morgan fingerprint density at radius 2 is 1.50 bits per heavy atom. The van der Waals surface area contributed by atoms with Gasteiger partial charge in [0.1, 0.15) is 0 Å². The molecule has 0 aliphatic carbocycles. The second-order valence-electron chi connectivity index (χ2n) is 2.80. The Hall–Kier alpha value is -0.664. The van der Waals surface area contributed by atoms with E-state index in [9.17, 15) is 0 Å². The van der Waals surface area contributed by atoms with E-state index < -0.39 is 0 Å². The number of fused-ring (bicyclic) bond motifs is 1. The fraction of sp³-hybridized carbons (Fsp3) is 0.0909. The zero-order valence-corrected chi connectivity index (χ0v) is 9.88. The van der Waals surface area contributed by atoms with Crippen molar-refractivity contribution in [2.24, 2.45) is 0 Å². The summed E-state index contributed by atoms with van der Waals surface area (Å²) in [4.78, 5) is 0. The fourth-order valence-corrected chi connectivity index (χ4v) is 1.39. The van der Waals surface area contributed by atoms with E-state index in [0.717, 1.165) is 0 Å². The molecule has 0 heterocycles. The van der Waals surface area contributed by atoms with Crippen molar-refractivity contribution in [2.45, 2.75) is 6.92 Å². The summed E-state index contributed by atoms with van der Waals surface area (Å²) in [5.41, 5.74) is 1.35. The molecule has 12 heavy (non-hydrogen) atoms. The molecular weight excluding hydrogens is 322 g/mol. The van der Waals surface area contributed by atoms with E-state index in [0.29, 0.717) is 0 Å². The van der Waals surface area contributed by atoms with Crippen LogP contribution in [0.1, 0.15) is 5.56 Å². The first-order chi connectivity index (χ1) is 5.38. The summed E-state index contributed by atoms with van der Waals surface area (Å²) in [5, 5.41) is 2.68. The van der Waals surface area contributed by atoms with Crippen molar-refractivity contribution in [1.82, 2.24) is 0 Å². The Bertz CT molecular complexity index is 374. The van der Waals surface area contributed by atoms with Crippen molar-refractivity contribution in [2.75, 3.05) is 0 Å². The summed E-state index contributed by atoms with van der Waals surface area (Å²) >= 11 is 0. The Labute approximate surface area is 85.7 Å². The van der Waals surface area contributed by atoms with Crippen LogP contribution in [0.2, 0.25) is 0 Å². The Morgan fingerprint density at radius 1 is 0.833 bits per heavy atom. The molecule has 0 amide bonds. The van der Waals surface area contributed by atoms with Crippen LogP contribution >= 0.6 is 0 Å². The van der Waals surface area contributed by atoms with E-state index in [1.165, 1.54) is 16.3 Å². The van der Waals surface area contributed by atoms with Crippen LogP contribution < -0.4 is 0 Å². The Kier molecular flexibility index (Phi) is 3.01. The molecule has 0 unspecified atom stereocenters. The molecule has 0 saturated carbocycles. The van der Waals surface area contributed by atoms with E-state index in [-0.39, 0.29) is 19.8 Å². The SMILES string of the molecule is Cc1cccc2ccccc12.[OsH2]. The van der Waals surface area contributed by atoms with Crippen LogP contribution in [0.25, 0.3) is 10.8 Å². The van der Waals surface area contributed by atoms with Gasteiger partial charge in [-0.3, -0.25) is 0 Å². The first kappa shape index (κ1) is 9.42. The molecule has 1 heteroatoms. The zero-order chi connectivity index (χ0) is 7.68. The second kappa shape index (κ2) is 3.83. The van der Waals surface area contributed by atoms with Crippen LogP contribution in [0.5, 0.6) is 0 Å². The molecular formula is C11H12Os. The van der Waals surface area contributed by atoms with Gasteiger partial charge in [-0.1, -0.05) is 42.5 Å². The van der Waals surface area contributed by atoms with Crippen LogP contribution in [0, 0.1) is 6.92 Å². The fourth-order valence-electron chi connectivity index (χ4n) is 1.39. The number of hydrogen-bond acceptors (Lipinski definition) is 0. The third-order valence-corrected chi connectivity index (χ3v) is 2.01. The van der Waals surface area contributed by atoms with Crippen LogP contribution in [0.3, 0.4) is 0 Å². The van der Waals surface area contributed by atoms with Gasteiger partial charge in [-0.2, -0.15) is 0 Å². The van der Waals surface area contributed by atoms with Crippen LogP contribution in [-0.2, 0) is 19.8 Å². The minimum absolute atomic E-state index is 0. The van der Waals surface area contributed by atoms with Gasteiger partial charge < -0.3 is 0 Å². The monoisotopic (exact) mass is 336 g/mol. The quantitative estimate of drug-likeness (QED) is 0.695. The van der Waals surface area contributed by atoms with Gasteiger partial charge in [0, 0.05) is 0 Å². The van der Waals surface area contributed by atoms with E-state index in [2.05, 4.69) is 49.4 Å². The molecule has 0 spiro atoms. The summed E-state index contributed by atoms with van der Waals surface area (Å²) in [6.45, 7) is 2.14. The average Bonchev–Trinajstić information content (AvgIpc) is 2.06. The molecule has 2 aromatic carbocycles. The molecule has 0 aliphatic heterocycles. The molecule has 0 nitrogen and oxygen atoms in total. The van der Waals surface area contributed by atoms with Gasteiger partial charge in [0.05, 0.1) is 0 Å². The van der Waals surface area contributed by atoms with E-state index in [4.69, 9.17) is 0 Å². The summed E-state index contributed by atoms with van der Waals surface area (Å²) in [6, 6.07) is 14.8. The van der Waals surface area contributed by atoms with Crippen LogP contribution in [0.15, 0.2) is 42.5 Å². The van der Waals surface area contributed by atoms with E-state index in [1.54, 1.807) is 0 Å². The van der Waals surface area contributed by atoms with Gasteiger partial charge in [0.15, 0.2) is 0 Å². The number of benzene rings is 2. The molecule has 0 N–H and O–H groups in total. The number of aryl methyl sites for hydroxylation is 1. The Balaban J connectivity index is 0.000000720. The standard InChI is InChI=1S/C11H10.Os.2H/c1-9-5-4-7-10-6-2-3-8-11(9)10;;;/h2-8H,1H3;;;. The van der Waals surface area contributed by atoms with Crippen molar-refractivity contribution in [1.29, 1.82) is 0 Å². The van der Waals surface area contributed by atoms with Crippen LogP contribution in [-0.4, -0.2) is 0 Å².